The number of para-hydroxylation sites is 1. The quantitative estimate of drug-likeness (QED) is 0.130. The van der Waals surface area contributed by atoms with Gasteiger partial charge in [0.2, 0.25) is 5.95 Å². The molecule has 1 saturated heterocycles. The third-order valence-electron chi connectivity index (χ3n) is 6.10. The Morgan fingerprint density at radius 3 is 2.68 bits per heavy atom. The van der Waals surface area contributed by atoms with Crippen LogP contribution in [0.25, 0.3) is 11.0 Å². The van der Waals surface area contributed by atoms with E-state index < -0.39 is 62.1 Å². The molecular weight excluding hydrogens is 557 g/mol. The van der Waals surface area contributed by atoms with E-state index in [1.807, 2.05) is 0 Å². The number of benzene rings is 1. The third-order valence-corrected chi connectivity index (χ3v) is 7.74. The molecule has 0 saturated carbocycles. The summed E-state index contributed by atoms with van der Waals surface area (Å²) in [5.41, 5.74) is 3.09. The largest absolute Gasteiger partial charge is 0.462 e. The number of H-pyrrole nitrogens is 1. The van der Waals surface area contributed by atoms with Gasteiger partial charge in [0.05, 0.1) is 18.1 Å². The molecule has 1 fully saturated rings. The highest BCUT2D eigenvalue weighted by atomic mass is 31.2. The number of aliphatic hydroxyl groups is 2. The van der Waals surface area contributed by atoms with E-state index in [2.05, 4.69) is 26.9 Å². The van der Waals surface area contributed by atoms with E-state index in [0.717, 1.165) is 0 Å². The number of hydrogen-bond donors (Lipinski definition) is 5. The number of nitrogen functional groups attached to an aromatic ring is 1. The van der Waals surface area contributed by atoms with E-state index >= 15 is 0 Å². The Labute approximate surface area is 235 Å². The topological polar surface area (TPSA) is 200 Å². The molecule has 41 heavy (non-hydrogen) atoms. The number of aliphatic hydroxyl groups excluding tert-OH is 1. The summed E-state index contributed by atoms with van der Waals surface area (Å²) < 4.78 is 37.6. The Balaban J connectivity index is 1.62. The van der Waals surface area contributed by atoms with Crippen LogP contribution >= 0.6 is 7.75 Å². The van der Waals surface area contributed by atoms with Gasteiger partial charge < -0.3 is 34.5 Å². The predicted octanol–water partition coefficient (Wildman–Crippen LogP) is 1.45. The molecule has 1 aliphatic heterocycles. The first-order valence-electron chi connectivity index (χ1n) is 12.7. The maximum atomic E-state index is 13.8. The van der Waals surface area contributed by atoms with Crippen molar-refractivity contribution < 1.29 is 38.1 Å². The Morgan fingerprint density at radius 2 is 2.02 bits per heavy atom. The maximum Gasteiger partial charge on any atom is 0.459 e. The Hall–Kier alpha value is -3.70. The van der Waals surface area contributed by atoms with Gasteiger partial charge in [-0.3, -0.25) is 19.1 Å². The smallest absolute Gasteiger partial charge is 0.459 e. The number of esters is 1. The maximum absolute atomic E-state index is 13.8. The van der Waals surface area contributed by atoms with Crippen molar-refractivity contribution in [1.82, 2.24) is 19.6 Å². The monoisotopic (exact) mass is 589 g/mol. The lowest BCUT2D eigenvalue weighted by molar-refractivity contribution is -0.149. The van der Waals surface area contributed by atoms with Gasteiger partial charge in [-0.25, -0.2) is 4.57 Å². The van der Waals surface area contributed by atoms with Gasteiger partial charge in [0.25, 0.3) is 5.56 Å². The number of aromatic amines is 1. The molecule has 3 unspecified atom stereocenters. The average molecular weight is 590 g/mol. The van der Waals surface area contributed by atoms with Gasteiger partial charge >= 0.3 is 13.7 Å². The summed E-state index contributed by atoms with van der Waals surface area (Å²) in [4.78, 5) is 31.3. The lowest BCUT2D eigenvalue weighted by atomic mass is 9.94. The number of anilines is 1. The predicted molar refractivity (Wildman–Crippen MR) is 148 cm³/mol. The molecule has 0 radical (unpaired) electrons. The SMILES string of the molecule is CC#CC1(O)C(O)[C@@H](CO[P@@](=O)(N[C@@H](C)C(=O)OC(C)C)Oc2ccccc2)OC1n1ccc2c(=O)[nH]c(N)nc21. The van der Waals surface area contributed by atoms with Crippen LogP contribution in [0.2, 0.25) is 0 Å². The molecule has 15 heteroatoms. The molecule has 1 aliphatic rings. The summed E-state index contributed by atoms with van der Waals surface area (Å²) in [6.07, 6.45) is -3.32. The molecule has 0 bridgehead atoms. The van der Waals surface area contributed by atoms with E-state index in [1.165, 1.54) is 30.7 Å². The first-order valence-corrected chi connectivity index (χ1v) is 14.2. The van der Waals surface area contributed by atoms with Gasteiger partial charge in [-0.2, -0.15) is 10.1 Å². The molecule has 4 rings (SSSR count). The molecule has 0 spiro atoms. The summed E-state index contributed by atoms with van der Waals surface area (Å²) in [6, 6.07) is 8.47. The summed E-state index contributed by atoms with van der Waals surface area (Å²) in [5.74, 6) is 4.47. The number of aromatic nitrogens is 3. The number of carbonyl (C=O) groups is 1. The van der Waals surface area contributed by atoms with Gasteiger partial charge in [0, 0.05) is 6.20 Å². The zero-order chi connectivity index (χ0) is 29.9. The molecule has 220 valence electrons. The molecule has 6 N–H and O–H groups in total. The first kappa shape index (κ1) is 30.3. The minimum atomic E-state index is -4.30. The number of nitrogens with two attached hydrogens (primary N) is 1. The second-order valence-electron chi connectivity index (χ2n) is 9.62. The van der Waals surface area contributed by atoms with Crippen molar-refractivity contribution in [1.29, 1.82) is 0 Å². The third kappa shape index (κ3) is 6.46. The molecule has 1 aromatic carbocycles. The van der Waals surface area contributed by atoms with Gasteiger partial charge in [-0.1, -0.05) is 24.1 Å². The molecular formula is C26H32N5O9P. The van der Waals surface area contributed by atoms with Crippen LogP contribution in [0.5, 0.6) is 5.75 Å². The van der Waals surface area contributed by atoms with Crippen LogP contribution < -0.4 is 20.9 Å². The summed E-state index contributed by atoms with van der Waals surface area (Å²) in [7, 11) is -4.30. The second kappa shape index (κ2) is 12.0. The van der Waals surface area contributed by atoms with Crippen molar-refractivity contribution in [3.8, 4) is 17.6 Å². The molecule has 0 amide bonds. The summed E-state index contributed by atoms with van der Waals surface area (Å²) >= 11 is 0. The Morgan fingerprint density at radius 1 is 1.32 bits per heavy atom. The number of nitrogens with one attached hydrogen (secondary N) is 2. The second-order valence-corrected chi connectivity index (χ2v) is 11.3. The lowest BCUT2D eigenvalue weighted by Gasteiger charge is -2.27. The highest BCUT2D eigenvalue weighted by molar-refractivity contribution is 7.52. The fourth-order valence-electron chi connectivity index (χ4n) is 4.27. The van der Waals surface area contributed by atoms with Crippen molar-refractivity contribution in [3.63, 3.8) is 0 Å². The number of nitrogens with zero attached hydrogens (tertiary/aromatic N) is 2. The first-order chi connectivity index (χ1) is 19.4. The zero-order valence-corrected chi connectivity index (χ0v) is 23.7. The normalized spacial score (nSPS) is 24.4. The van der Waals surface area contributed by atoms with E-state index in [9.17, 15) is 24.4 Å². The Bertz CT molecular complexity index is 1560. The van der Waals surface area contributed by atoms with E-state index in [0.29, 0.717) is 0 Å². The van der Waals surface area contributed by atoms with Crippen molar-refractivity contribution in [2.24, 2.45) is 0 Å². The minimum absolute atomic E-state index is 0.0820. The molecule has 0 aliphatic carbocycles. The van der Waals surface area contributed by atoms with Gasteiger partial charge in [0.1, 0.15) is 24.0 Å². The van der Waals surface area contributed by atoms with Crippen molar-refractivity contribution in [3.05, 3.63) is 52.9 Å². The Kier molecular flexibility index (Phi) is 8.89. The number of carbonyl (C=O) groups excluding carboxylic acids is 1. The van der Waals surface area contributed by atoms with Crippen molar-refractivity contribution >= 4 is 30.7 Å². The fraction of sp³-hybridized carbons (Fsp3) is 0.423. The number of hydrogen-bond acceptors (Lipinski definition) is 11. The van der Waals surface area contributed by atoms with Crippen LogP contribution in [0.1, 0.15) is 33.9 Å². The average Bonchev–Trinajstić information content (AvgIpc) is 3.42. The van der Waals surface area contributed by atoms with Crippen LogP contribution in [0, 0.1) is 11.8 Å². The van der Waals surface area contributed by atoms with Crippen LogP contribution in [0.4, 0.5) is 5.95 Å². The standard InChI is InChI=1S/C26H32N5O9P/c1-5-12-26(35)20(32)19(39-24(26)31-13-11-18-21(31)28-25(27)29-22(18)33)14-37-41(36,40-17-9-7-6-8-10-17)30-16(4)23(34)38-15(2)3/h6-11,13,15-16,19-20,24,32,35H,14H2,1-4H3,(H,30,36)(H3,27,28,29,33)/t16-,19+,20?,24?,26?,41-/m0/s1. The van der Waals surface area contributed by atoms with Crippen LogP contribution in [0.15, 0.2) is 47.4 Å². The van der Waals surface area contributed by atoms with Crippen LogP contribution in [0.3, 0.4) is 0 Å². The molecule has 14 nitrogen and oxygen atoms in total. The lowest BCUT2D eigenvalue weighted by Crippen LogP contribution is -2.46. The summed E-state index contributed by atoms with van der Waals surface area (Å²) in [6.45, 7) is 5.67. The van der Waals surface area contributed by atoms with E-state index in [4.69, 9.17) is 24.3 Å². The number of fused-ring (bicyclic) bond motifs is 1. The van der Waals surface area contributed by atoms with Crippen molar-refractivity contribution in [2.45, 2.75) is 63.9 Å². The van der Waals surface area contributed by atoms with Gasteiger partial charge in [-0.05, 0) is 45.9 Å². The molecule has 3 aromatic rings. The molecule has 6 atom stereocenters. The highest BCUT2D eigenvalue weighted by Gasteiger charge is 2.56. The molecule has 3 heterocycles. The zero-order valence-electron chi connectivity index (χ0n) is 22.8. The number of ether oxygens (including phenoxy) is 2. The summed E-state index contributed by atoms with van der Waals surface area (Å²) in [5, 5.41) is 25.3. The fourth-order valence-corrected chi connectivity index (χ4v) is 5.77. The van der Waals surface area contributed by atoms with Gasteiger partial charge in [0.15, 0.2) is 17.5 Å². The minimum Gasteiger partial charge on any atom is -0.462 e. The van der Waals surface area contributed by atoms with Crippen LogP contribution in [-0.2, 0) is 23.4 Å². The highest BCUT2D eigenvalue weighted by Crippen LogP contribution is 2.47. The van der Waals surface area contributed by atoms with Crippen molar-refractivity contribution in [2.75, 3.05) is 12.3 Å². The van der Waals surface area contributed by atoms with Gasteiger partial charge in [-0.15, -0.1) is 5.92 Å². The van der Waals surface area contributed by atoms with E-state index in [1.54, 1.807) is 44.2 Å². The van der Waals surface area contributed by atoms with E-state index in [-0.39, 0.29) is 22.7 Å². The molecule has 2 aromatic heterocycles. The van der Waals surface area contributed by atoms with Crippen LogP contribution in [-0.4, -0.2) is 67.3 Å². The number of rotatable bonds is 10.